The third-order valence-corrected chi connectivity index (χ3v) is 5.01. The lowest BCUT2D eigenvalue weighted by molar-refractivity contribution is 0.0786. The van der Waals surface area contributed by atoms with Gasteiger partial charge in [0, 0.05) is 32.2 Å². The monoisotopic (exact) mass is 318 g/mol. The first-order chi connectivity index (χ1) is 11.2. The minimum absolute atomic E-state index is 0.00822. The number of hydrogen-bond donors (Lipinski definition) is 1. The predicted octanol–water partition coefficient (Wildman–Crippen LogP) is 2.33. The Balaban J connectivity index is 1.64. The standard InChI is InChI=1S/C17H26N4O2/c1-23-13-17(6-2-3-7-17)12-19-15-11-18-10-14(20-15)16(22)21-8-4-5-9-21/h10-11H,2-9,12-13H2,1H3,(H,19,20). The van der Waals surface area contributed by atoms with E-state index in [-0.39, 0.29) is 11.3 Å². The maximum atomic E-state index is 12.4. The lowest BCUT2D eigenvalue weighted by Crippen LogP contribution is -2.32. The van der Waals surface area contributed by atoms with E-state index in [1.54, 1.807) is 19.5 Å². The van der Waals surface area contributed by atoms with Crippen molar-refractivity contribution >= 4 is 11.7 Å². The highest BCUT2D eigenvalue weighted by atomic mass is 16.5. The summed E-state index contributed by atoms with van der Waals surface area (Å²) in [7, 11) is 1.76. The molecule has 23 heavy (non-hydrogen) atoms. The predicted molar refractivity (Wildman–Crippen MR) is 88.4 cm³/mol. The van der Waals surface area contributed by atoms with Crippen molar-refractivity contribution in [1.29, 1.82) is 0 Å². The molecule has 1 N–H and O–H groups in total. The van der Waals surface area contributed by atoms with E-state index in [1.807, 2.05) is 4.90 Å². The minimum atomic E-state index is -0.00822. The first-order valence-corrected chi connectivity index (χ1v) is 8.57. The summed E-state index contributed by atoms with van der Waals surface area (Å²) in [5, 5.41) is 3.37. The van der Waals surface area contributed by atoms with Crippen LogP contribution in [0.2, 0.25) is 0 Å². The number of carbonyl (C=O) groups is 1. The van der Waals surface area contributed by atoms with Crippen LogP contribution in [-0.4, -0.2) is 54.1 Å². The molecule has 1 aromatic rings. The highest BCUT2D eigenvalue weighted by Gasteiger charge is 2.33. The van der Waals surface area contributed by atoms with Gasteiger partial charge in [-0.1, -0.05) is 12.8 Å². The smallest absolute Gasteiger partial charge is 0.274 e. The van der Waals surface area contributed by atoms with E-state index in [4.69, 9.17) is 4.74 Å². The zero-order chi connectivity index (χ0) is 16.1. The Hall–Kier alpha value is -1.69. The highest BCUT2D eigenvalue weighted by molar-refractivity contribution is 5.92. The molecule has 1 amide bonds. The number of nitrogens with zero attached hydrogens (tertiary/aromatic N) is 3. The highest BCUT2D eigenvalue weighted by Crippen LogP contribution is 2.38. The molecule has 6 nitrogen and oxygen atoms in total. The molecular formula is C17H26N4O2. The molecule has 2 aliphatic rings. The lowest BCUT2D eigenvalue weighted by atomic mass is 9.87. The third-order valence-electron chi connectivity index (χ3n) is 5.01. The topological polar surface area (TPSA) is 67.3 Å². The lowest BCUT2D eigenvalue weighted by Gasteiger charge is -2.28. The van der Waals surface area contributed by atoms with E-state index < -0.39 is 0 Å². The Bertz CT molecular complexity index is 537. The number of anilines is 1. The van der Waals surface area contributed by atoms with Crippen molar-refractivity contribution < 1.29 is 9.53 Å². The fourth-order valence-electron chi connectivity index (χ4n) is 3.72. The van der Waals surface area contributed by atoms with E-state index in [1.165, 1.54) is 25.7 Å². The van der Waals surface area contributed by atoms with Gasteiger partial charge in [0.2, 0.25) is 0 Å². The van der Waals surface area contributed by atoms with E-state index in [2.05, 4.69) is 15.3 Å². The Labute approximate surface area is 137 Å². The Morgan fingerprint density at radius 2 is 2.00 bits per heavy atom. The zero-order valence-corrected chi connectivity index (χ0v) is 13.9. The summed E-state index contributed by atoms with van der Waals surface area (Å²) in [6.07, 6.45) is 10.3. The number of methoxy groups -OCH3 is 1. The van der Waals surface area contributed by atoms with Crippen LogP contribution in [-0.2, 0) is 4.74 Å². The van der Waals surface area contributed by atoms with Gasteiger partial charge in [-0.15, -0.1) is 0 Å². The summed E-state index contributed by atoms with van der Waals surface area (Å²) in [5.74, 6) is 0.670. The fraction of sp³-hybridized carbons (Fsp3) is 0.706. The van der Waals surface area contributed by atoms with Crippen LogP contribution in [0.3, 0.4) is 0 Å². The van der Waals surface area contributed by atoms with Crippen molar-refractivity contribution in [3.8, 4) is 0 Å². The van der Waals surface area contributed by atoms with Crippen LogP contribution in [0, 0.1) is 5.41 Å². The van der Waals surface area contributed by atoms with Gasteiger partial charge in [0.05, 0.1) is 19.0 Å². The van der Waals surface area contributed by atoms with Crippen LogP contribution in [0.25, 0.3) is 0 Å². The average molecular weight is 318 g/mol. The van der Waals surface area contributed by atoms with Crippen molar-refractivity contribution in [3.63, 3.8) is 0 Å². The normalized spacial score (nSPS) is 20.0. The SMILES string of the molecule is COCC1(CNc2cncc(C(=O)N3CCCC3)n2)CCCC1. The van der Waals surface area contributed by atoms with Crippen molar-refractivity contribution in [2.24, 2.45) is 5.41 Å². The second-order valence-electron chi connectivity index (χ2n) is 6.78. The average Bonchev–Trinajstić information content (AvgIpc) is 3.25. The van der Waals surface area contributed by atoms with Gasteiger partial charge >= 0.3 is 0 Å². The van der Waals surface area contributed by atoms with Crippen molar-refractivity contribution in [2.45, 2.75) is 38.5 Å². The molecule has 1 saturated carbocycles. The summed E-state index contributed by atoms with van der Waals surface area (Å²) < 4.78 is 5.41. The number of ether oxygens (including phenoxy) is 1. The van der Waals surface area contributed by atoms with E-state index in [9.17, 15) is 4.79 Å². The molecule has 0 bridgehead atoms. The van der Waals surface area contributed by atoms with Gasteiger partial charge in [0.25, 0.3) is 5.91 Å². The fourth-order valence-corrected chi connectivity index (χ4v) is 3.72. The summed E-state index contributed by atoms with van der Waals surface area (Å²) in [6, 6.07) is 0. The van der Waals surface area contributed by atoms with Crippen LogP contribution in [0.15, 0.2) is 12.4 Å². The first-order valence-electron chi connectivity index (χ1n) is 8.57. The van der Waals surface area contributed by atoms with E-state index in [0.717, 1.165) is 39.1 Å². The number of carbonyl (C=O) groups excluding carboxylic acids is 1. The van der Waals surface area contributed by atoms with Crippen LogP contribution < -0.4 is 5.32 Å². The van der Waals surface area contributed by atoms with Gasteiger partial charge in [-0.2, -0.15) is 0 Å². The van der Waals surface area contributed by atoms with Crippen LogP contribution in [0.4, 0.5) is 5.82 Å². The minimum Gasteiger partial charge on any atom is -0.384 e. The van der Waals surface area contributed by atoms with Gasteiger partial charge in [-0.25, -0.2) is 4.98 Å². The molecule has 0 unspecified atom stereocenters. The van der Waals surface area contributed by atoms with Crippen LogP contribution in [0.1, 0.15) is 49.0 Å². The van der Waals surface area contributed by atoms with E-state index in [0.29, 0.717) is 11.5 Å². The molecule has 1 aromatic heterocycles. The van der Waals surface area contributed by atoms with E-state index >= 15 is 0 Å². The molecular weight excluding hydrogens is 292 g/mol. The number of aromatic nitrogens is 2. The molecule has 3 rings (SSSR count). The van der Waals surface area contributed by atoms with Crippen LogP contribution >= 0.6 is 0 Å². The van der Waals surface area contributed by atoms with Gasteiger partial charge in [-0.3, -0.25) is 9.78 Å². The summed E-state index contributed by atoms with van der Waals surface area (Å²) >= 11 is 0. The van der Waals surface area contributed by atoms with Gasteiger partial charge in [0.15, 0.2) is 0 Å². The Morgan fingerprint density at radius 1 is 1.26 bits per heavy atom. The molecule has 2 fully saturated rings. The van der Waals surface area contributed by atoms with Crippen molar-refractivity contribution in [3.05, 3.63) is 18.1 Å². The number of hydrogen-bond acceptors (Lipinski definition) is 5. The Morgan fingerprint density at radius 3 is 2.70 bits per heavy atom. The molecule has 6 heteroatoms. The summed E-state index contributed by atoms with van der Waals surface area (Å²) in [6.45, 7) is 3.24. The first kappa shape index (κ1) is 16.2. The molecule has 1 aliphatic heterocycles. The molecule has 1 aliphatic carbocycles. The molecule has 0 radical (unpaired) electrons. The molecule has 126 valence electrons. The third kappa shape index (κ3) is 3.80. The largest absolute Gasteiger partial charge is 0.384 e. The molecule has 0 aromatic carbocycles. The van der Waals surface area contributed by atoms with Gasteiger partial charge < -0.3 is 15.0 Å². The quantitative estimate of drug-likeness (QED) is 0.872. The second-order valence-corrected chi connectivity index (χ2v) is 6.78. The van der Waals surface area contributed by atoms with Crippen molar-refractivity contribution in [2.75, 3.05) is 38.7 Å². The number of likely N-dealkylation sites (tertiary alicyclic amines) is 1. The van der Waals surface area contributed by atoms with Gasteiger partial charge in [-0.05, 0) is 25.7 Å². The van der Waals surface area contributed by atoms with Gasteiger partial charge in [0.1, 0.15) is 11.5 Å². The second kappa shape index (κ2) is 7.25. The molecule has 0 spiro atoms. The maximum Gasteiger partial charge on any atom is 0.274 e. The van der Waals surface area contributed by atoms with Crippen molar-refractivity contribution in [1.82, 2.24) is 14.9 Å². The van der Waals surface area contributed by atoms with Crippen LogP contribution in [0.5, 0.6) is 0 Å². The molecule has 0 atom stereocenters. The summed E-state index contributed by atoms with van der Waals surface area (Å²) in [5.41, 5.74) is 0.620. The number of amides is 1. The zero-order valence-electron chi connectivity index (χ0n) is 13.9. The number of nitrogens with one attached hydrogen (secondary N) is 1. The molecule has 2 heterocycles. The summed E-state index contributed by atoms with van der Waals surface area (Å²) in [4.78, 5) is 22.9. The Kier molecular flexibility index (Phi) is 5.10. The molecule has 1 saturated heterocycles. The maximum absolute atomic E-state index is 12.4. The number of rotatable bonds is 6.